The average molecular weight is 445 g/mol. The van der Waals surface area contributed by atoms with E-state index in [9.17, 15) is 14.0 Å². The standard InChI is InChI=1S/C25H33FN2O4/c1-5-27-25(30)18(4)28(17-20-8-12-21(26)13-9-20)24(29)15-11-19-10-14-22(31-6-2)23(16-19)32-7-3/h8-10,12-14,16,18H,5-7,11,15,17H2,1-4H3,(H,27,30)/t18-/m1/s1. The zero-order chi connectivity index (χ0) is 23.5. The number of halogens is 1. The summed E-state index contributed by atoms with van der Waals surface area (Å²) in [5, 5.41) is 2.77. The molecule has 0 radical (unpaired) electrons. The number of aryl methyl sites for hydroxylation is 1. The predicted octanol–water partition coefficient (Wildman–Crippen LogP) is 4.11. The Morgan fingerprint density at radius 2 is 1.59 bits per heavy atom. The fourth-order valence-corrected chi connectivity index (χ4v) is 3.34. The van der Waals surface area contributed by atoms with E-state index >= 15 is 0 Å². The second-order valence-corrected chi connectivity index (χ2v) is 7.37. The van der Waals surface area contributed by atoms with Gasteiger partial charge in [0.15, 0.2) is 11.5 Å². The topological polar surface area (TPSA) is 67.9 Å². The van der Waals surface area contributed by atoms with Crippen LogP contribution < -0.4 is 14.8 Å². The number of hydrogen-bond acceptors (Lipinski definition) is 4. The first-order valence-corrected chi connectivity index (χ1v) is 11.1. The van der Waals surface area contributed by atoms with Crippen molar-refractivity contribution < 1.29 is 23.5 Å². The molecule has 0 unspecified atom stereocenters. The fraction of sp³-hybridized carbons (Fsp3) is 0.440. The van der Waals surface area contributed by atoms with E-state index in [0.717, 1.165) is 11.1 Å². The number of amides is 2. The van der Waals surface area contributed by atoms with E-state index in [1.807, 2.05) is 39.0 Å². The molecule has 0 spiro atoms. The van der Waals surface area contributed by atoms with E-state index in [0.29, 0.717) is 37.7 Å². The van der Waals surface area contributed by atoms with Crippen molar-refractivity contribution in [3.8, 4) is 11.5 Å². The highest BCUT2D eigenvalue weighted by Crippen LogP contribution is 2.29. The quantitative estimate of drug-likeness (QED) is 0.535. The normalized spacial score (nSPS) is 11.5. The number of nitrogens with zero attached hydrogens (tertiary/aromatic N) is 1. The van der Waals surface area contributed by atoms with Crippen LogP contribution in [0.4, 0.5) is 4.39 Å². The van der Waals surface area contributed by atoms with E-state index in [-0.39, 0.29) is 30.6 Å². The first-order valence-electron chi connectivity index (χ1n) is 11.1. The predicted molar refractivity (Wildman–Crippen MR) is 122 cm³/mol. The molecule has 0 saturated heterocycles. The second kappa shape index (κ2) is 12.7. The molecule has 0 heterocycles. The highest BCUT2D eigenvalue weighted by atomic mass is 19.1. The maximum atomic E-state index is 13.3. The van der Waals surface area contributed by atoms with E-state index in [4.69, 9.17) is 9.47 Å². The van der Waals surface area contributed by atoms with Gasteiger partial charge in [-0.25, -0.2) is 4.39 Å². The van der Waals surface area contributed by atoms with Crippen LogP contribution in [0.1, 0.15) is 45.2 Å². The Balaban J connectivity index is 2.15. The Bertz CT molecular complexity index is 886. The lowest BCUT2D eigenvalue weighted by Crippen LogP contribution is -2.47. The Labute approximate surface area is 189 Å². The molecule has 0 bridgehead atoms. The number of carbonyl (C=O) groups excluding carboxylic acids is 2. The van der Waals surface area contributed by atoms with Gasteiger partial charge in [0.1, 0.15) is 11.9 Å². The second-order valence-electron chi connectivity index (χ2n) is 7.37. The molecule has 0 aliphatic heterocycles. The van der Waals surface area contributed by atoms with Gasteiger partial charge in [-0.15, -0.1) is 0 Å². The molecule has 7 heteroatoms. The molecule has 0 aliphatic carbocycles. The van der Waals surface area contributed by atoms with Gasteiger partial charge in [0, 0.05) is 19.5 Å². The van der Waals surface area contributed by atoms with Crippen molar-refractivity contribution in [2.45, 2.75) is 53.1 Å². The van der Waals surface area contributed by atoms with E-state index in [1.54, 1.807) is 19.1 Å². The number of rotatable bonds is 12. The largest absolute Gasteiger partial charge is 0.490 e. The number of nitrogens with one attached hydrogen (secondary N) is 1. The van der Waals surface area contributed by atoms with Gasteiger partial charge in [0.25, 0.3) is 0 Å². The lowest BCUT2D eigenvalue weighted by Gasteiger charge is -2.29. The number of ether oxygens (including phenoxy) is 2. The van der Waals surface area contributed by atoms with Crippen LogP contribution in [0.2, 0.25) is 0 Å². The number of carbonyl (C=O) groups is 2. The molecule has 0 aliphatic rings. The summed E-state index contributed by atoms with van der Waals surface area (Å²) in [7, 11) is 0. The maximum Gasteiger partial charge on any atom is 0.242 e. The van der Waals surface area contributed by atoms with Gasteiger partial charge in [-0.05, 0) is 69.5 Å². The van der Waals surface area contributed by atoms with Gasteiger partial charge in [-0.3, -0.25) is 9.59 Å². The summed E-state index contributed by atoms with van der Waals surface area (Å²) in [6.45, 7) is 9.11. The molecular weight excluding hydrogens is 411 g/mol. The molecule has 1 atom stereocenters. The molecule has 174 valence electrons. The molecule has 2 aromatic rings. The van der Waals surface area contributed by atoms with Crippen LogP contribution in [-0.2, 0) is 22.6 Å². The van der Waals surface area contributed by atoms with Gasteiger partial charge in [-0.2, -0.15) is 0 Å². The minimum atomic E-state index is -0.646. The molecule has 0 aromatic heterocycles. The summed E-state index contributed by atoms with van der Waals surface area (Å²) in [6, 6.07) is 11.0. The molecule has 0 saturated carbocycles. The summed E-state index contributed by atoms with van der Waals surface area (Å²) in [5.74, 6) is 0.608. The molecule has 2 aromatic carbocycles. The van der Waals surface area contributed by atoms with Gasteiger partial charge in [-0.1, -0.05) is 18.2 Å². The number of likely N-dealkylation sites (N-methyl/N-ethyl adjacent to an activating group) is 1. The summed E-state index contributed by atoms with van der Waals surface area (Å²) in [5.41, 5.74) is 1.70. The summed E-state index contributed by atoms with van der Waals surface area (Å²) < 4.78 is 24.5. The van der Waals surface area contributed by atoms with E-state index < -0.39 is 6.04 Å². The van der Waals surface area contributed by atoms with Crippen molar-refractivity contribution in [1.29, 1.82) is 0 Å². The van der Waals surface area contributed by atoms with Crippen molar-refractivity contribution in [3.63, 3.8) is 0 Å². The van der Waals surface area contributed by atoms with Crippen LogP contribution in [0.5, 0.6) is 11.5 Å². The summed E-state index contributed by atoms with van der Waals surface area (Å²) in [6.07, 6.45) is 0.720. The smallest absolute Gasteiger partial charge is 0.242 e. The molecular formula is C25H33FN2O4. The molecule has 6 nitrogen and oxygen atoms in total. The third-order valence-corrected chi connectivity index (χ3v) is 5.02. The van der Waals surface area contributed by atoms with E-state index in [2.05, 4.69) is 5.32 Å². The third-order valence-electron chi connectivity index (χ3n) is 5.02. The Morgan fingerprint density at radius 1 is 0.969 bits per heavy atom. The van der Waals surface area contributed by atoms with Crippen molar-refractivity contribution in [2.75, 3.05) is 19.8 Å². The zero-order valence-electron chi connectivity index (χ0n) is 19.3. The third kappa shape index (κ3) is 7.25. The SMILES string of the molecule is CCNC(=O)[C@@H](C)N(Cc1ccc(F)cc1)C(=O)CCc1ccc(OCC)c(OCC)c1. The highest BCUT2D eigenvalue weighted by Gasteiger charge is 2.25. The summed E-state index contributed by atoms with van der Waals surface area (Å²) in [4.78, 5) is 27.1. The van der Waals surface area contributed by atoms with Crippen LogP contribution in [0, 0.1) is 5.82 Å². The van der Waals surface area contributed by atoms with E-state index in [1.165, 1.54) is 17.0 Å². The highest BCUT2D eigenvalue weighted by molar-refractivity contribution is 5.87. The van der Waals surface area contributed by atoms with Gasteiger partial charge >= 0.3 is 0 Å². The molecule has 1 N–H and O–H groups in total. The Morgan fingerprint density at radius 3 is 2.22 bits per heavy atom. The zero-order valence-corrected chi connectivity index (χ0v) is 19.3. The van der Waals surface area contributed by atoms with Crippen LogP contribution in [0.3, 0.4) is 0 Å². The van der Waals surface area contributed by atoms with Crippen LogP contribution >= 0.6 is 0 Å². The number of benzene rings is 2. The summed E-state index contributed by atoms with van der Waals surface area (Å²) >= 11 is 0. The average Bonchev–Trinajstić information content (AvgIpc) is 2.78. The molecule has 2 rings (SSSR count). The lowest BCUT2D eigenvalue weighted by atomic mass is 10.1. The minimum Gasteiger partial charge on any atom is -0.490 e. The van der Waals surface area contributed by atoms with Crippen LogP contribution in [-0.4, -0.2) is 42.5 Å². The van der Waals surface area contributed by atoms with Gasteiger partial charge in [0.2, 0.25) is 11.8 Å². The molecule has 0 fully saturated rings. The molecule has 32 heavy (non-hydrogen) atoms. The fourth-order valence-electron chi connectivity index (χ4n) is 3.34. The molecule has 2 amide bonds. The Hall–Kier alpha value is -3.09. The first kappa shape index (κ1) is 25.2. The monoisotopic (exact) mass is 444 g/mol. The Kier molecular flexibility index (Phi) is 9.98. The van der Waals surface area contributed by atoms with Gasteiger partial charge in [0.05, 0.1) is 13.2 Å². The maximum absolute atomic E-state index is 13.3. The van der Waals surface area contributed by atoms with Crippen LogP contribution in [0.15, 0.2) is 42.5 Å². The van der Waals surface area contributed by atoms with Crippen molar-refractivity contribution in [3.05, 3.63) is 59.4 Å². The minimum absolute atomic E-state index is 0.153. The van der Waals surface area contributed by atoms with Crippen molar-refractivity contribution >= 4 is 11.8 Å². The van der Waals surface area contributed by atoms with Crippen molar-refractivity contribution in [2.24, 2.45) is 0 Å². The van der Waals surface area contributed by atoms with Gasteiger partial charge < -0.3 is 19.7 Å². The number of hydrogen-bond donors (Lipinski definition) is 1. The first-order chi connectivity index (χ1) is 15.4. The van der Waals surface area contributed by atoms with Crippen LogP contribution in [0.25, 0.3) is 0 Å². The van der Waals surface area contributed by atoms with Crippen molar-refractivity contribution in [1.82, 2.24) is 10.2 Å². The lowest BCUT2D eigenvalue weighted by molar-refractivity contribution is -0.140.